The summed E-state index contributed by atoms with van der Waals surface area (Å²) in [6, 6.07) is 0. The first-order chi connectivity index (χ1) is 7.20. The van der Waals surface area contributed by atoms with Crippen LogP contribution >= 0.6 is 15.9 Å². The summed E-state index contributed by atoms with van der Waals surface area (Å²) in [6.07, 6.45) is 0.115. The van der Waals surface area contributed by atoms with E-state index >= 15 is 0 Å². The number of rotatable bonds is 6. The predicted molar refractivity (Wildman–Crippen MR) is 67.0 cm³/mol. The summed E-state index contributed by atoms with van der Waals surface area (Å²) < 4.78 is 9.36. The average Bonchev–Trinajstić information content (AvgIpc) is 2.20. The fraction of sp³-hybridized carbons (Fsp3) is 1.00. The minimum atomic E-state index is -4.10. The Morgan fingerprint density at radius 2 is 1.19 bits per heavy atom. The van der Waals surface area contributed by atoms with E-state index in [1.54, 1.807) is 13.8 Å². The fourth-order valence-corrected chi connectivity index (χ4v) is 1.45. The molecule has 0 aromatic rings. The second kappa shape index (κ2) is 8.67. The first-order valence-electron chi connectivity index (χ1n) is 5.20. The first-order valence-corrected chi connectivity index (χ1v) is 8.80. The van der Waals surface area contributed by atoms with Crippen molar-refractivity contribution in [2.24, 2.45) is 0 Å². The Labute approximate surface area is 98.4 Å². The SMILES string of the molecule is CCOP(O)OCC.CCP(O)(O)(O)CC. The van der Waals surface area contributed by atoms with E-state index in [1.807, 2.05) is 13.8 Å². The molecule has 0 aliphatic heterocycles. The van der Waals surface area contributed by atoms with Crippen LogP contribution in [-0.2, 0) is 9.05 Å². The molecule has 16 heavy (non-hydrogen) atoms. The predicted octanol–water partition coefficient (Wildman–Crippen LogP) is 1.58. The van der Waals surface area contributed by atoms with Gasteiger partial charge in [-0.05, 0) is 13.8 Å². The zero-order chi connectivity index (χ0) is 13.3. The van der Waals surface area contributed by atoms with Crippen molar-refractivity contribution in [1.29, 1.82) is 0 Å². The third-order valence-electron chi connectivity index (χ3n) is 1.77. The molecule has 0 fully saturated rings. The summed E-state index contributed by atoms with van der Waals surface area (Å²) in [7, 11) is -5.68. The van der Waals surface area contributed by atoms with Crippen LogP contribution in [0.4, 0.5) is 0 Å². The Hall–Kier alpha value is 0.620. The Morgan fingerprint density at radius 3 is 1.31 bits per heavy atom. The molecular formula is C8H24O6P2. The standard InChI is InChI=1S/C4H13O3P.C4H11O3P/c1-3-8(5,6,7)4-2;1-3-6-8(5)7-4-2/h5-7H,3-4H2,1-2H3;5H,3-4H2,1-2H3. The van der Waals surface area contributed by atoms with Crippen molar-refractivity contribution >= 4 is 15.9 Å². The van der Waals surface area contributed by atoms with E-state index in [4.69, 9.17) is 19.6 Å². The molecule has 0 unspecified atom stereocenters. The van der Waals surface area contributed by atoms with Crippen LogP contribution in [0.3, 0.4) is 0 Å². The van der Waals surface area contributed by atoms with E-state index in [-0.39, 0.29) is 12.3 Å². The second-order valence-corrected chi connectivity index (χ2v) is 7.98. The van der Waals surface area contributed by atoms with Crippen molar-refractivity contribution < 1.29 is 28.6 Å². The van der Waals surface area contributed by atoms with E-state index in [2.05, 4.69) is 9.05 Å². The van der Waals surface area contributed by atoms with Crippen molar-refractivity contribution in [2.75, 3.05) is 25.5 Å². The Balaban J connectivity index is 0. The second-order valence-electron chi connectivity index (χ2n) is 3.05. The van der Waals surface area contributed by atoms with Gasteiger partial charge in [0.1, 0.15) is 0 Å². The first kappa shape index (κ1) is 19.0. The average molecular weight is 278 g/mol. The van der Waals surface area contributed by atoms with Gasteiger partial charge < -0.3 is 13.9 Å². The molecule has 6 nitrogen and oxygen atoms in total. The van der Waals surface area contributed by atoms with Gasteiger partial charge in [-0.2, -0.15) is 0 Å². The van der Waals surface area contributed by atoms with Crippen LogP contribution < -0.4 is 0 Å². The summed E-state index contributed by atoms with van der Waals surface area (Å²) in [4.78, 5) is 35.2. The molecule has 0 saturated carbocycles. The molecule has 0 amide bonds. The van der Waals surface area contributed by atoms with Crippen molar-refractivity contribution in [1.82, 2.24) is 0 Å². The van der Waals surface area contributed by atoms with E-state index in [0.29, 0.717) is 13.2 Å². The molecular weight excluding hydrogens is 254 g/mol. The van der Waals surface area contributed by atoms with Crippen molar-refractivity contribution in [3.05, 3.63) is 0 Å². The normalized spacial score (nSPS) is 13.9. The molecule has 0 heterocycles. The molecule has 0 aliphatic carbocycles. The monoisotopic (exact) mass is 278 g/mol. The molecule has 0 aromatic heterocycles. The molecule has 0 aliphatic rings. The zero-order valence-electron chi connectivity index (χ0n) is 10.3. The quantitative estimate of drug-likeness (QED) is 0.550. The van der Waals surface area contributed by atoms with E-state index < -0.39 is 15.9 Å². The molecule has 8 heteroatoms. The topological polar surface area (TPSA) is 99.4 Å². The third kappa shape index (κ3) is 12.7. The minimum absolute atomic E-state index is 0.0576. The maximum atomic E-state index is 8.84. The summed E-state index contributed by atoms with van der Waals surface area (Å²) in [6.45, 7) is 7.74. The van der Waals surface area contributed by atoms with Crippen molar-refractivity contribution in [3.63, 3.8) is 0 Å². The van der Waals surface area contributed by atoms with Gasteiger partial charge in [-0.3, -0.25) is 0 Å². The van der Waals surface area contributed by atoms with E-state index in [1.165, 1.54) is 0 Å². The molecule has 102 valence electrons. The Morgan fingerprint density at radius 1 is 0.875 bits per heavy atom. The van der Waals surface area contributed by atoms with Crippen LogP contribution in [0.5, 0.6) is 0 Å². The molecule has 0 radical (unpaired) electrons. The summed E-state index contributed by atoms with van der Waals surface area (Å²) in [5.41, 5.74) is 0. The number of hydrogen-bond donors (Lipinski definition) is 4. The van der Waals surface area contributed by atoms with Crippen LogP contribution in [-0.4, -0.2) is 45.1 Å². The van der Waals surface area contributed by atoms with Gasteiger partial charge in [0.05, 0.1) is 13.2 Å². The van der Waals surface area contributed by atoms with Crippen LogP contribution in [0.25, 0.3) is 0 Å². The summed E-state index contributed by atoms with van der Waals surface area (Å²) in [5.74, 6) is 0. The van der Waals surface area contributed by atoms with Gasteiger partial charge in [-0.25, -0.2) is 0 Å². The van der Waals surface area contributed by atoms with Gasteiger partial charge in [0.15, 0.2) is 0 Å². The van der Waals surface area contributed by atoms with Crippen molar-refractivity contribution in [2.45, 2.75) is 27.7 Å². The van der Waals surface area contributed by atoms with Gasteiger partial charge >= 0.3 is 56.7 Å². The third-order valence-corrected chi connectivity index (χ3v) is 5.32. The van der Waals surface area contributed by atoms with Gasteiger partial charge in [-0.15, -0.1) is 0 Å². The van der Waals surface area contributed by atoms with Crippen LogP contribution in [0, 0.1) is 0 Å². The maximum absolute atomic E-state index is 8.84. The molecule has 0 bridgehead atoms. The summed E-state index contributed by atoms with van der Waals surface area (Å²) >= 11 is 0. The molecule has 0 atom stereocenters. The molecule has 0 spiro atoms. The fourth-order valence-electron chi connectivity index (χ4n) is 0.482. The van der Waals surface area contributed by atoms with Crippen LogP contribution in [0.2, 0.25) is 0 Å². The van der Waals surface area contributed by atoms with Gasteiger partial charge in [-0.1, -0.05) is 0 Å². The molecule has 0 rings (SSSR count). The Bertz CT molecular complexity index is 156. The van der Waals surface area contributed by atoms with Gasteiger partial charge in [0.25, 0.3) is 0 Å². The molecule has 0 saturated heterocycles. The molecule has 0 aromatic carbocycles. The molecule has 4 N–H and O–H groups in total. The van der Waals surface area contributed by atoms with Gasteiger partial charge in [0.2, 0.25) is 0 Å². The van der Waals surface area contributed by atoms with Gasteiger partial charge in [0, 0.05) is 0 Å². The summed E-state index contributed by atoms with van der Waals surface area (Å²) in [5, 5.41) is 0. The van der Waals surface area contributed by atoms with E-state index in [0.717, 1.165) is 0 Å². The van der Waals surface area contributed by atoms with E-state index in [9.17, 15) is 0 Å². The zero-order valence-corrected chi connectivity index (χ0v) is 12.1. The Kier molecular flexibility index (Phi) is 10.3. The van der Waals surface area contributed by atoms with Crippen LogP contribution in [0.1, 0.15) is 27.7 Å². The van der Waals surface area contributed by atoms with Crippen molar-refractivity contribution in [3.8, 4) is 0 Å². The number of hydrogen-bond acceptors (Lipinski definition) is 6. The van der Waals surface area contributed by atoms with Crippen LogP contribution in [0.15, 0.2) is 0 Å².